The van der Waals surface area contributed by atoms with Crippen molar-refractivity contribution in [2.45, 2.75) is 11.8 Å². The Morgan fingerprint density at radius 2 is 1.75 bits per heavy atom. The van der Waals surface area contributed by atoms with Gasteiger partial charge in [-0.3, -0.25) is 4.79 Å². The van der Waals surface area contributed by atoms with Crippen molar-refractivity contribution in [3.8, 4) is 11.5 Å². The summed E-state index contributed by atoms with van der Waals surface area (Å²) in [5.74, 6) is -0.252. The van der Waals surface area contributed by atoms with Crippen LogP contribution >= 0.6 is 0 Å². The van der Waals surface area contributed by atoms with Crippen LogP contribution < -0.4 is 14.2 Å². The fraction of sp³-hybridized carbons (Fsp3) is 0.235. The van der Waals surface area contributed by atoms with Gasteiger partial charge in [-0.25, -0.2) is 13.1 Å². The molecule has 0 heterocycles. The first kappa shape index (κ1) is 17.8. The van der Waals surface area contributed by atoms with Crippen molar-refractivity contribution < 1.29 is 22.7 Å². The molecule has 24 heavy (non-hydrogen) atoms. The molecule has 0 radical (unpaired) electrons. The summed E-state index contributed by atoms with van der Waals surface area (Å²) < 4.78 is 37.0. The van der Waals surface area contributed by atoms with Crippen LogP contribution in [0.2, 0.25) is 0 Å². The van der Waals surface area contributed by atoms with Gasteiger partial charge in [-0.05, 0) is 24.3 Å². The summed E-state index contributed by atoms with van der Waals surface area (Å²) in [5.41, 5.74) is 0. The Hall–Kier alpha value is -2.54. The van der Waals surface area contributed by atoms with Gasteiger partial charge in [0.1, 0.15) is 11.5 Å². The molecule has 7 heteroatoms. The number of amides is 1. The summed E-state index contributed by atoms with van der Waals surface area (Å²) in [6.07, 6.45) is 0. The smallest absolute Gasteiger partial charge is 0.264 e. The summed E-state index contributed by atoms with van der Waals surface area (Å²) in [6.45, 7) is 1.67. The van der Waals surface area contributed by atoms with Crippen LogP contribution in [0.25, 0.3) is 0 Å². The quantitative estimate of drug-likeness (QED) is 0.829. The van der Waals surface area contributed by atoms with Crippen molar-refractivity contribution in [2.75, 3.05) is 13.7 Å². The van der Waals surface area contributed by atoms with Crippen LogP contribution in [-0.4, -0.2) is 28.0 Å². The normalized spacial score (nSPS) is 12.2. The minimum atomic E-state index is -3.96. The minimum absolute atomic E-state index is 0.0358. The van der Waals surface area contributed by atoms with E-state index < -0.39 is 21.8 Å². The maximum Gasteiger partial charge on any atom is 0.264 e. The fourth-order valence-electron chi connectivity index (χ4n) is 1.87. The number of carbonyl (C=O) groups excluding carboxylic acids is 1. The lowest BCUT2D eigenvalue weighted by Gasteiger charge is -2.14. The molecule has 128 valence electrons. The first-order chi connectivity index (χ1) is 11.4. The summed E-state index contributed by atoms with van der Waals surface area (Å²) >= 11 is 0. The highest BCUT2D eigenvalue weighted by atomic mass is 32.2. The zero-order valence-corrected chi connectivity index (χ0v) is 14.2. The predicted octanol–water partition coefficient (Wildman–Crippen LogP) is 2.22. The highest BCUT2D eigenvalue weighted by Crippen LogP contribution is 2.17. The van der Waals surface area contributed by atoms with Crippen molar-refractivity contribution in [1.29, 1.82) is 0 Å². The molecule has 0 bridgehead atoms. The van der Waals surface area contributed by atoms with E-state index in [1.807, 2.05) is 18.2 Å². The zero-order valence-electron chi connectivity index (χ0n) is 13.4. The van der Waals surface area contributed by atoms with Crippen LogP contribution in [0.4, 0.5) is 0 Å². The summed E-state index contributed by atoms with van der Waals surface area (Å²) in [6, 6.07) is 14.9. The van der Waals surface area contributed by atoms with E-state index >= 15 is 0 Å². The largest absolute Gasteiger partial charge is 0.497 e. The lowest BCUT2D eigenvalue weighted by atomic mass is 10.2. The Balaban J connectivity index is 1.99. The molecule has 0 saturated carbocycles. The predicted molar refractivity (Wildman–Crippen MR) is 89.4 cm³/mol. The van der Waals surface area contributed by atoms with Gasteiger partial charge in [0.2, 0.25) is 5.91 Å². The second-order valence-electron chi connectivity index (χ2n) is 5.17. The number of methoxy groups -OCH3 is 1. The monoisotopic (exact) mass is 349 g/mol. The Morgan fingerprint density at radius 1 is 1.08 bits per heavy atom. The van der Waals surface area contributed by atoms with E-state index in [0.29, 0.717) is 11.5 Å². The molecular formula is C17H19NO5S. The molecule has 0 aliphatic heterocycles. The molecule has 0 saturated heterocycles. The summed E-state index contributed by atoms with van der Waals surface area (Å²) in [7, 11) is -2.52. The van der Waals surface area contributed by atoms with Crippen LogP contribution in [0, 0.1) is 5.92 Å². The SMILES string of the molecule is COc1cccc(S(=O)(=O)NC(=O)C(C)COc2ccccc2)c1. The average molecular weight is 349 g/mol. The lowest BCUT2D eigenvalue weighted by molar-refractivity contribution is -0.123. The second kappa shape index (κ2) is 7.83. The molecule has 2 aromatic rings. The van der Waals surface area contributed by atoms with Crippen molar-refractivity contribution in [3.05, 3.63) is 54.6 Å². The third-order valence-corrected chi connectivity index (χ3v) is 4.62. The van der Waals surface area contributed by atoms with Crippen LogP contribution in [-0.2, 0) is 14.8 Å². The third kappa shape index (κ3) is 4.73. The maximum absolute atomic E-state index is 12.3. The van der Waals surface area contributed by atoms with Crippen molar-refractivity contribution in [1.82, 2.24) is 4.72 Å². The van der Waals surface area contributed by atoms with Gasteiger partial charge in [0.25, 0.3) is 10.0 Å². The number of rotatable bonds is 7. The van der Waals surface area contributed by atoms with Crippen LogP contribution in [0.3, 0.4) is 0 Å². The number of benzene rings is 2. The number of para-hydroxylation sites is 1. The molecule has 1 atom stereocenters. The number of nitrogens with one attached hydrogen (secondary N) is 1. The highest BCUT2D eigenvalue weighted by Gasteiger charge is 2.22. The van der Waals surface area contributed by atoms with Gasteiger partial charge in [-0.15, -0.1) is 0 Å². The standard InChI is InChI=1S/C17H19NO5S/c1-13(12-23-14-7-4-3-5-8-14)17(19)18-24(20,21)16-10-6-9-15(11-16)22-2/h3-11,13H,12H2,1-2H3,(H,18,19). The van der Waals surface area contributed by atoms with Crippen LogP contribution in [0.15, 0.2) is 59.5 Å². The molecule has 1 unspecified atom stereocenters. The van der Waals surface area contributed by atoms with E-state index in [1.165, 1.54) is 19.2 Å². The Bertz CT molecular complexity index is 790. The molecule has 2 rings (SSSR count). The average Bonchev–Trinajstić information content (AvgIpc) is 2.60. The summed E-state index contributed by atoms with van der Waals surface area (Å²) in [5, 5.41) is 0. The molecule has 0 spiro atoms. The van der Waals surface area contributed by atoms with Gasteiger partial charge in [-0.1, -0.05) is 31.2 Å². The van der Waals surface area contributed by atoms with Crippen molar-refractivity contribution in [2.24, 2.45) is 5.92 Å². The van der Waals surface area contributed by atoms with Crippen LogP contribution in [0.1, 0.15) is 6.92 Å². The van der Waals surface area contributed by atoms with E-state index in [-0.39, 0.29) is 11.5 Å². The van der Waals surface area contributed by atoms with Gasteiger partial charge in [-0.2, -0.15) is 0 Å². The van der Waals surface area contributed by atoms with Gasteiger partial charge >= 0.3 is 0 Å². The molecule has 0 aliphatic carbocycles. The third-order valence-electron chi connectivity index (χ3n) is 3.28. The van der Waals surface area contributed by atoms with Gasteiger partial charge < -0.3 is 9.47 Å². The number of ether oxygens (including phenoxy) is 2. The van der Waals surface area contributed by atoms with E-state index in [0.717, 1.165) is 0 Å². The molecule has 0 fully saturated rings. The molecule has 1 N–H and O–H groups in total. The van der Waals surface area contributed by atoms with E-state index in [2.05, 4.69) is 4.72 Å². The Kier molecular flexibility index (Phi) is 5.81. The summed E-state index contributed by atoms with van der Waals surface area (Å²) in [4.78, 5) is 12.1. The molecule has 0 aliphatic rings. The Labute approximate surface area is 141 Å². The molecule has 6 nitrogen and oxygen atoms in total. The molecule has 2 aromatic carbocycles. The van der Waals surface area contributed by atoms with Gasteiger partial charge in [0.15, 0.2) is 0 Å². The zero-order chi connectivity index (χ0) is 17.6. The number of carbonyl (C=O) groups is 1. The van der Waals surface area contributed by atoms with Crippen molar-refractivity contribution >= 4 is 15.9 Å². The van der Waals surface area contributed by atoms with Crippen LogP contribution in [0.5, 0.6) is 11.5 Å². The van der Waals surface area contributed by atoms with E-state index in [9.17, 15) is 13.2 Å². The molecular weight excluding hydrogens is 330 g/mol. The van der Waals surface area contributed by atoms with Gasteiger partial charge in [0.05, 0.1) is 24.5 Å². The number of sulfonamides is 1. The van der Waals surface area contributed by atoms with E-state index in [4.69, 9.17) is 9.47 Å². The Morgan fingerprint density at radius 3 is 2.42 bits per heavy atom. The first-order valence-corrected chi connectivity index (χ1v) is 8.79. The number of hydrogen-bond donors (Lipinski definition) is 1. The first-order valence-electron chi connectivity index (χ1n) is 7.31. The second-order valence-corrected chi connectivity index (χ2v) is 6.86. The highest BCUT2D eigenvalue weighted by molar-refractivity contribution is 7.90. The maximum atomic E-state index is 12.3. The number of hydrogen-bond acceptors (Lipinski definition) is 5. The fourth-order valence-corrected chi connectivity index (χ4v) is 2.99. The lowest BCUT2D eigenvalue weighted by Crippen LogP contribution is -2.36. The van der Waals surface area contributed by atoms with Gasteiger partial charge in [0, 0.05) is 6.07 Å². The van der Waals surface area contributed by atoms with E-state index in [1.54, 1.807) is 31.2 Å². The topological polar surface area (TPSA) is 81.7 Å². The molecule has 0 aromatic heterocycles. The molecule has 1 amide bonds. The minimum Gasteiger partial charge on any atom is -0.497 e. The van der Waals surface area contributed by atoms with Crippen molar-refractivity contribution in [3.63, 3.8) is 0 Å².